The summed E-state index contributed by atoms with van der Waals surface area (Å²) >= 11 is 0. The van der Waals surface area contributed by atoms with Crippen LogP contribution >= 0.6 is 0 Å². The molecule has 1 aliphatic rings. The molecule has 2 aromatic carbocycles. The van der Waals surface area contributed by atoms with E-state index in [4.69, 9.17) is 10.5 Å². The van der Waals surface area contributed by atoms with Gasteiger partial charge in [-0.2, -0.15) is 0 Å². The number of ether oxygens (including phenoxy) is 1. The fourth-order valence-corrected chi connectivity index (χ4v) is 3.61. The number of primary amides is 1. The van der Waals surface area contributed by atoms with Crippen LogP contribution < -0.4 is 10.5 Å². The molecule has 0 saturated heterocycles. The van der Waals surface area contributed by atoms with Gasteiger partial charge in [0.25, 0.3) is 0 Å². The van der Waals surface area contributed by atoms with Crippen LogP contribution in [-0.4, -0.2) is 26.3 Å². The molecule has 0 bridgehead atoms. The van der Waals surface area contributed by atoms with Crippen molar-refractivity contribution in [3.8, 4) is 0 Å². The summed E-state index contributed by atoms with van der Waals surface area (Å²) in [5.41, 5.74) is 6.41. The van der Waals surface area contributed by atoms with Crippen molar-refractivity contribution in [1.82, 2.24) is 4.72 Å². The minimum atomic E-state index is -3.55. The first kappa shape index (κ1) is 18.1. The van der Waals surface area contributed by atoms with Gasteiger partial charge in [0.15, 0.2) is 0 Å². The van der Waals surface area contributed by atoms with Gasteiger partial charge in [-0.25, -0.2) is 17.9 Å². The Morgan fingerprint density at radius 2 is 1.77 bits per heavy atom. The lowest BCUT2D eigenvalue weighted by Crippen LogP contribution is -2.25. The number of sulfonamides is 1. The van der Waals surface area contributed by atoms with E-state index >= 15 is 0 Å². The normalized spacial score (nSPS) is 14.0. The number of carbonyl (C=O) groups excluding carboxylic acids is 2. The molecule has 0 atom stereocenters. The second-order valence-corrected chi connectivity index (χ2v) is 7.77. The summed E-state index contributed by atoms with van der Waals surface area (Å²) in [6, 6.07) is 12.0. The van der Waals surface area contributed by atoms with Gasteiger partial charge in [0.2, 0.25) is 15.9 Å². The SMILES string of the molecule is NC(=O)c1cccc(COC(=O)c2ccc(S(=O)(=O)NC3CC3)cc2)c1. The Morgan fingerprint density at radius 1 is 1.08 bits per heavy atom. The minimum absolute atomic E-state index is 0.0146. The Morgan fingerprint density at radius 3 is 2.38 bits per heavy atom. The number of benzene rings is 2. The summed E-state index contributed by atoms with van der Waals surface area (Å²) in [5, 5.41) is 0. The standard InChI is InChI=1S/C18H18N2O5S/c19-17(21)14-3-1-2-12(10-14)11-25-18(22)13-4-8-16(9-5-13)26(23,24)20-15-6-7-15/h1-5,8-10,15,20H,6-7,11H2,(H2,19,21). The largest absolute Gasteiger partial charge is 0.457 e. The summed E-state index contributed by atoms with van der Waals surface area (Å²) in [7, 11) is -3.55. The van der Waals surface area contributed by atoms with Crippen LogP contribution in [0.2, 0.25) is 0 Å². The highest BCUT2D eigenvalue weighted by molar-refractivity contribution is 7.89. The van der Waals surface area contributed by atoms with E-state index in [9.17, 15) is 18.0 Å². The van der Waals surface area contributed by atoms with Gasteiger partial charge in [-0.15, -0.1) is 0 Å². The Kier molecular flexibility index (Phi) is 5.06. The van der Waals surface area contributed by atoms with Crippen molar-refractivity contribution in [2.75, 3.05) is 0 Å². The van der Waals surface area contributed by atoms with Gasteiger partial charge in [-0.3, -0.25) is 4.79 Å². The lowest BCUT2D eigenvalue weighted by Gasteiger charge is -2.08. The molecule has 7 nitrogen and oxygen atoms in total. The average molecular weight is 374 g/mol. The molecule has 1 fully saturated rings. The molecule has 1 amide bonds. The molecular formula is C18H18N2O5S. The second kappa shape index (κ2) is 7.27. The number of nitrogens with two attached hydrogens (primary N) is 1. The van der Waals surface area contributed by atoms with Crippen LogP contribution in [0.15, 0.2) is 53.4 Å². The van der Waals surface area contributed by atoms with Gasteiger partial charge in [-0.1, -0.05) is 12.1 Å². The minimum Gasteiger partial charge on any atom is -0.457 e. The Bertz CT molecular complexity index is 934. The van der Waals surface area contributed by atoms with Gasteiger partial charge >= 0.3 is 5.97 Å². The Hall–Kier alpha value is -2.71. The highest BCUT2D eigenvalue weighted by Crippen LogP contribution is 2.22. The first-order chi connectivity index (χ1) is 12.3. The molecule has 3 N–H and O–H groups in total. The molecule has 0 unspecified atom stereocenters. The first-order valence-corrected chi connectivity index (χ1v) is 9.52. The van der Waals surface area contributed by atoms with E-state index in [0.717, 1.165) is 12.8 Å². The van der Waals surface area contributed by atoms with Crippen molar-refractivity contribution in [3.63, 3.8) is 0 Å². The maximum absolute atomic E-state index is 12.1. The van der Waals surface area contributed by atoms with E-state index in [2.05, 4.69) is 4.72 Å². The number of rotatable bonds is 7. The molecule has 0 aliphatic heterocycles. The van der Waals surface area contributed by atoms with Crippen LogP contribution in [-0.2, 0) is 21.4 Å². The van der Waals surface area contributed by atoms with E-state index in [1.807, 2.05) is 0 Å². The lowest BCUT2D eigenvalue weighted by atomic mass is 10.1. The molecule has 0 heterocycles. The summed E-state index contributed by atoms with van der Waals surface area (Å²) in [4.78, 5) is 23.4. The van der Waals surface area contributed by atoms with Crippen LogP contribution in [0.4, 0.5) is 0 Å². The number of carbonyl (C=O) groups is 2. The van der Waals surface area contributed by atoms with Gasteiger partial charge in [0.1, 0.15) is 6.61 Å². The highest BCUT2D eigenvalue weighted by Gasteiger charge is 2.28. The number of hydrogen-bond acceptors (Lipinski definition) is 5. The monoisotopic (exact) mass is 374 g/mol. The van der Waals surface area contributed by atoms with E-state index in [0.29, 0.717) is 11.1 Å². The Labute approximate surface area is 151 Å². The summed E-state index contributed by atoms with van der Waals surface area (Å²) in [5.74, 6) is -1.15. The molecular weight excluding hydrogens is 356 g/mol. The molecule has 1 saturated carbocycles. The maximum atomic E-state index is 12.1. The zero-order valence-electron chi connectivity index (χ0n) is 13.8. The fraction of sp³-hybridized carbons (Fsp3) is 0.222. The van der Waals surface area contributed by atoms with E-state index in [1.54, 1.807) is 24.3 Å². The predicted octanol–water partition coefficient (Wildman–Crippen LogP) is 1.58. The zero-order chi connectivity index (χ0) is 18.7. The summed E-state index contributed by atoms with van der Waals surface area (Å²) in [6.45, 7) is -0.0246. The molecule has 26 heavy (non-hydrogen) atoms. The van der Waals surface area contributed by atoms with Crippen LogP contribution in [0.3, 0.4) is 0 Å². The van der Waals surface area contributed by atoms with Gasteiger partial charge in [0.05, 0.1) is 10.5 Å². The van der Waals surface area contributed by atoms with E-state index in [1.165, 1.54) is 24.3 Å². The average Bonchev–Trinajstić information content (AvgIpc) is 3.43. The smallest absolute Gasteiger partial charge is 0.338 e. The molecule has 136 valence electrons. The number of amides is 1. The third-order valence-corrected chi connectivity index (χ3v) is 5.42. The highest BCUT2D eigenvalue weighted by atomic mass is 32.2. The topological polar surface area (TPSA) is 116 Å². The molecule has 0 aromatic heterocycles. The van der Waals surface area contributed by atoms with Crippen molar-refractivity contribution < 1.29 is 22.7 Å². The van der Waals surface area contributed by atoms with Crippen molar-refractivity contribution in [3.05, 3.63) is 65.2 Å². The number of hydrogen-bond donors (Lipinski definition) is 2. The first-order valence-electron chi connectivity index (χ1n) is 8.03. The molecule has 0 spiro atoms. The van der Waals surface area contributed by atoms with E-state index in [-0.39, 0.29) is 23.1 Å². The van der Waals surface area contributed by atoms with Crippen molar-refractivity contribution >= 4 is 21.9 Å². The molecule has 2 aromatic rings. The van der Waals surface area contributed by atoms with Gasteiger partial charge in [-0.05, 0) is 54.8 Å². The molecule has 0 radical (unpaired) electrons. The van der Waals surface area contributed by atoms with Crippen LogP contribution in [0, 0.1) is 0 Å². The summed E-state index contributed by atoms with van der Waals surface area (Å²) in [6.07, 6.45) is 1.70. The van der Waals surface area contributed by atoms with Crippen LogP contribution in [0.1, 0.15) is 39.1 Å². The maximum Gasteiger partial charge on any atom is 0.338 e. The lowest BCUT2D eigenvalue weighted by molar-refractivity contribution is 0.0472. The number of nitrogens with one attached hydrogen (secondary N) is 1. The fourth-order valence-electron chi connectivity index (χ4n) is 2.31. The van der Waals surface area contributed by atoms with Gasteiger partial charge < -0.3 is 10.5 Å². The zero-order valence-corrected chi connectivity index (χ0v) is 14.7. The summed E-state index contributed by atoms with van der Waals surface area (Å²) < 4.78 is 32.0. The van der Waals surface area contributed by atoms with Crippen LogP contribution in [0.5, 0.6) is 0 Å². The van der Waals surface area contributed by atoms with Gasteiger partial charge in [0, 0.05) is 11.6 Å². The van der Waals surface area contributed by atoms with Crippen molar-refractivity contribution in [2.45, 2.75) is 30.4 Å². The molecule has 8 heteroatoms. The third-order valence-electron chi connectivity index (χ3n) is 3.88. The Balaban J connectivity index is 1.63. The van der Waals surface area contributed by atoms with E-state index < -0.39 is 21.9 Å². The molecule has 3 rings (SSSR count). The van der Waals surface area contributed by atoms with Crippen molar-refractivity contribution in [1.29, 1.82) is 0 Å². The van der Waals surface area contributed by atoms with Crippen molar-refractivity contribution in [2.24, 2.45) is 5.73 Å². The quantitative estimate of drug-likeness (QED) is 0.714. The predicted molar refractivity (Wildman–Crippen MR) is 93.9 cm³/mol. The molecule has 1 aliphatic carbocycles. The number of esters is 1. The van der Waals surface area contributed by atoms with Crippen LogP contribution in [0.25, 0.3) is 0 Å². The third kappa shape index (κ3) is 4.47. The second-order valence-electron chi connectivity index (χ2n) is 6.06.